The molecule has 0 fully saturated rings. The monoisotopic (exact) mass is 182 g/mol. The van der Waals surface area contributed by atoms with E-state index in [4.69, 9.17) is 5.73 Å². The van der Waals surface area contributed by atoms with Crippen molar-refractivity contribution in [2.75, 3.05) is 7.05 Å². The van der Waals surface area contributed by atoms with Gasteiger partial charge in [-0.05, 0) is 14.0 Å². The first-order valence-corrected chi connectivity index (χ1v) is 4.11. The lowest BCUT2D eigenvalue weighted by molar-refractivity contribution is -0.120. The Morgan fingerprint density at radius 1 is 1.69 bits per heavy atom. The summed E-state index contributed by atoms with van der Waals surface area (Å²) in [4.78, 5) is 14.9. The van der Waals surface area contributed by atoms with E-state index < -0.39 is 0 Å². The molecule has 0 radical (unpaired) electrons. The van der Waals surface area contributed by atoms with Crippen molar-refractivity contribution < 1.29 is 4.79 Å². The first-order chi connectivity index (χ1) is 6.16. The minimum absolute atomic E-state index is 0.0231. The second-order valence-electron chi connectivity index (χ2n) is 2.92. The van der Waals surface area contributed by atoms with Gasteiger partial charge >= 0.3 is 0 Å². The minimum atomic E-state index is -0.366. The van der Waals surface area contributed by atoms with Gasteiger partial charge in [0.1, 0.15) is 6.04 Å². The highest BCUT2D eigenvalue weighted by Gasteiger charge is 2.21. The fourth-order valence-corrected chi connectivity index (χ4v) is 1.30. The topological polar surface area (TPSA) is 72.9 Å². The molecule has 2 unspecified atom stereocenters. The number of primary amides is 1. The molecule has 0 saturated heterocycles. The number of hydrogen-bond donors (Lipinski definition) is 2. The van der Waals surface area contributed by atoms with Crippen molar-refractivity contribution in [2.45, 2.75) is 19.0 Å². The number of imidazole rings is 1. The van der Waals surface area contributed by atoms with Gasteiger partial charge in [-0.2, -0.15) is 0 Å². The van der Waals surface area contributed by atoms with Crippen molar-refractivity contribution in [1.82, 2.24) is 14.9 Å². The summed E-state index contributed by atoms with van der Waals surface area (Å²) >= 11 is 0. The molecule has 0 saturated carbocycles. The lowest BCUT2D eigenvalue weighted by Gasteiger charge is -2.21. The van der Waals surface area contributed by atoms with Gasteiger partial charge in [0.15, 0.2) is 0 Å². The third-order valence-corrected chi connectivity index (χ3v) is 2.10. The molecule has 72 valence electrons. The third-order valence-electron chi connectivity index (χ3n) is 2.10. The molecule has 5 heteroatoms. The van der Waals surface area contributed by atoms with E-state index in [2.05, 4.69) is 10.3 Å². The van der Waals surface area contributed by atoms with Gasteiger partial charge in [-0.15, -0.1) is 0 Å². The molecule has 0 aliphatic heterocycles. The van der Waals surface area contributed by atoms with Crippen molar-refractivity contribution >= 4 is 5.91 Å². The predicted molar refractivity (Wildman–Crippen MR) is 49.0 cm³/mol. The zero-order valence-corrected chi connectivity index (χ0v) is 7.77. The highest BCUT2D eigenvalue weighted by atomic mass is 16.1. The van der Waals surface area contributed by atoms with Crippen LogP contribution in [0.25, 0.3) is 0 Å². The van der Waals surface area contributed by atoms with Crippen molar-refractivity contribution in [1.29, 1.82) is 0 Å². The van der Waals surface area contributed by atoms with Crippen LogP contribution in [0.5, 0.6) is 0 Å². The Labute approximate surface area is 76.9 Å². The first-order valence-electron chi connectivity index (χ1n) is 4.11. The normalized spacial score (nSPS) is 15.2. The number of nitrogens with two attached hydrogens (primary N) is 1. The summed E-state index contributed by atoms with van der Waals surface area (Å²) in [6.45, 7) is 1.91. The fourth-order valence-electron chi connectivity index (χ4n) is 1.30. The highest BCUT2D eigenvalue weighted by molar-refractivity contribution is 5.80. The smallest absolute Gasteiger partial charge is 0.236 e. The average molecular weight is 182 g/mol. The van der Waals surface area contributed by atoms with Crippen LogP contribution in [0.3, 0.4) is 0 Å². The molecular weight excluding hydrogens is 168 g/mol. The van der Waals surface area contributed by atoms with E-state index in [1.165, 1.54) is 0 Å². The number of carbonyl (C=O) groups is 1. The Balaban J connectivity index is 2.76. The van der Waals surface area contributed by atoms with Crippen LogP contribution in [0.1, 0.15) is 13.0 Å². The molecule has 1 heterocycles. The van der Waals surface area contributed by atoms with Crippen LogP contribution >= 0.6 is 0 Å². The summed E-state index contributed by atoms with van der Waals surface area (Å²) in [6.07, 6.45) is 5.14. The maximum absolute atomic E-state index is 11.0. The molecule has 2 atom stereocenters. The quantitative estimate of drug-likeness (QED) is 0.660. The Kier molecular flexibility index (Phi) is 3.02. The lowest BCUT2D eigenvalue weighted by atomic mass is 10.1. The molecule has 0 aliphatic rings. The zero-order valence-electron chi connectivity index (χ0n) is 7.77. The van der Waals surface area contributed by atoms with Crippen LogP contribution in [0.4, 0.5) is 0 Å². The lowest BCUT2D eigenvalue weighted by Crippen LogP contribution is -2.44. The molecule has 5 nitrogen and oxygen atoms in total. The fraction of sp³-hybridized carbons (Fsp3) is 0.500. The van der Waals surface area contributed by atoms with Crippen LogP contribution in [-0.4, -0.2) is 28.5 Å². The van der Waals surface area contributed by atoms with Gasteiger partial charge in [-0.3, -0.25) is 4.79 Å². The molecule has 0 spiro atoms. The number of carbonyl (C=O) groups excluding carboxylic acids is 1. The van der Waals surface area contributed by atoms with Crippen molar-refractivity contribution in [3.05, 3.63) is 18.7 Å². The average Bonchev–Trinajstić information content (AvgIpc) is 2.56. The predicted octanol–water partition coefficient (Wildman–Crippen LogP) is -0.483. The van der Waals surface area contributed by atoms with E-state index >= 15 is 0 Å². The molecule has 0 aromatic carbocycles. The summed E-state index contributed by atoms with van der Waals surface area (Å²) < 4.78 is 1.84. The van der Waals surface area contributed by atoms with Gasteiger partial charge in [0, 0.05) is 12.4 Å². The SMILES string of the molecule is CNC(C(N)=O)C(C)n1ccnc1. The van der Waals surface area contributed by atoms with Crippen LogP contribution in [0.15, 0.2) is 18.7 Å². The summed E-state index contributed by atoms with van der Waals surface area (Å²) in [6, 6.07) is -0.390. The molecule has 0 bridgehead atoms. The van der Waals surface area contributed by atoms with Gasteiger partial charge in [0.05, 0.1) is 12.4 Å². The molecule has 3 N–H and O–H groups in total. The van der Waals surface area contributed by atoms with Gasteiger partial charge < -0.3 is 15.6 Å². The standard InChI is InChI=1S/C8H14N4O/c1-6(7(10-2)8(9)13)12-4-3-11-5-12/h3-7,10H,1-2H3,(H2,9,13). The van der Waals surface area contributed by atoms with Crippen LogP contribution < -0.4 is 11.1 Å². The van der Waals surface area contributed by atoms with E-state index in [1.807, 2.05) is 11.5 Å². The van der Waals surface area contributed by atoms with Gasteiger partial charge in [0.25, 0.3) is 0 Å². The van der Waals surface area contributed by atoms with Gasteiger partial charge in [-0.1, -0.05) is 0 Å². The number of hydrogen-bond acceptors (Lipinski definition) is 3. The summed E-state index contributed by atoms with van der Waals surface area (Å²) in [5, 5.41) is 2.87. The first kappa shape index (κ1) is 9.73. The summed E-state index contributed by atoms with van der Waals surface area (Å²) in [5.74, 6) is -0.358. The van der Waals surface area contributed by atoms with E-state index in [0.717, 1.165) is 0 Å². The molecule has 13 heavy (non-hydrogen) atoms. The number of likely N-dealkylation sites (N-methyl/N-ethyl adjacent to an activating group) is 1. The van der Waals surface area contributed by atoms with Crippen molar-refractivity contribution in [2.24, 2.45) is 5.73 Å². The molecule has 1 rings (SSSR count). The van der Waals surface area contributed by atoms with Gasteiger partial charge in [-0.25, -0.2) is 4.98 Å². The van der Waals surface area contributed by atoms with E-state index in [-0.39, 0.29) is 18.0 Å². The number of amides is 1. The number of nitrogens with zero attached hydrogens (tertiary/aromatic N) is 2. The number of rotatable bonds is 4. The third kappa shape index (κ3) is 2.06. The molecule has 1 amide bonds. The van der Waals surface area contributed by atoms with Crippen LogP contribution in [-0.2, 0) is 4.79 Å². The van der Waals surface area contributed by atoms with Crippen molar-refractivity contribution in [3.8, 4) is 0 Å². The number of nitrogens with one attached hydrogen (secondary N) is 1. The Morgan fingerprint density at radius 2 is 2.38 bits per heavy atom. The molecule has 1 aromatic rings. The van der Waals surface area contributed by atoms with E-state index in [0.29, 0.717) is 0 Å². The maximum Gasteiger partial charge on any atom is 0.236 e. The Hall–Kier alpha value is -1.36. The second kappa shape index (κ2) is 4.04. The Morgan fingerprint density at radius 3 is 2.77 bits per heavy atom. The van der Waals surface area contributed by atoms with E-state index in [9.17, 15) is 4.79 Å². The molecular formula is C8H14N4O. The van der Waals surface area contributed by atoms with Gasteiger partial charge in [0.2, 0.25) is 5.91 Å². The molecule has 0 aliphatic carbocycles. The maximum atomic E-state index is 11.0. The minimum Gasteiger partial charge on any atom is -0.368 e. The van der Waals surface area contributed by atoms with Crippen molar-refractivity contribution in [3.63, 3.8) is 0 Å². The summed E-state index contributed by atoms with van der Waals surface area (Å²) in [7, 11) is 1.71. The zero-order chi connectivity index (χ0) is 9.84. The van der Waals surface area contributed by atoms with Crippen LogP contribution in [0.2, 0.25) is 0 Å². The molecule has 1 aromatic heterocycles. The van der Waals surface area contributed by atoms with Crippen LogP contribution in [0, 0.1) is 0 Å². The largest absolute Gasteiger partial charge is 0.368 e. The van der Waals surface area contributed by atoms with E-state index in [1.54, 1.807) is 25.8 Å². The number of aromatic nitrogens is 2. The summed E-state index contributed by atoms with van der Waals surface area (Å²) in [5.41, 5.74) is 5.22. The second-order valence-corrected chi connectivity index (χ2v) is 2.92. The Bertz CT molecular complexity index is 270. The highest BCUT2D eigenvalue weighted by Crippen LogP contribution is 2.09.